The maximum absolute atomic E-state index is 13.3. The number of nitrogens with one attached hydrogen (secondary N) is 1. The van der Waals surface area contributed by atoms with Crippen LogP contribution in [0.1, 0.15) is 44.9 Å². The number of halogens is 2. The van der Waals surface area contributed by atoms with Gasteiger partial charge in [0, 0.05) is 25.0 Å². The van der Waals surface area contributed by atoms with Crippen molar-refractivity contribution in [3.05, 3.63) is 29.0 Å². The van der Waals surface area contributed by atoms with Crippen LogP contribution in [0.3, 0.4) is 0 Å². The second-order valence-corrected chi connectivity index (χ2v) is 9.47. The zero-order chi connectivity index (χ0) is 18.7. The van der Waals surface area contributed by atoms with Gasteiger partial charge in [-0.1, -0.05) is 30.9 Å². The lowest BCUT2D eigenvalue weighted by Gasteiger charge is -2.33. The van der Waals surface area contributed by atoms with Crippen molar-refractivity contribution < 1.29 is 17.6 Å². The largest absolute Gasteiger partial charge is 0.352 e. The number of sulfonamides is 1. The van der Waals surface area contributed by atoms with Gasteiger partial charge in [0.2, 0.25) is 15.9 Å². The van der Waals surface area contributed by atoms with Crippen molar-refractivity contribution in [2.75, 3.05) is 13.1 Å². The monoisotopic (exact) mass is 402 g/mol. The maximum atomic E-state index is 13.3. The van der Waals surface area contributed by atoms with Gasteiger partial charge in [0.25, 0.3) is 0 Å². The van der Waals surface area contributed by atoms with Gasteiger partial charge in [-0.2, -0.15) is 4.31 Å². The molecule has 1 saturated heterocycles. The number of carbonyl (C=O) groups excluding carboxylic acids is 1. The standard InChI is InChI=1S/C18H24ClFN2O3S/c19-16-11-15(8-9-17(16)20)26(24,25)22-10-4-7-14(12-22)21-18(23)13-5-2-1-3-6-13/h8-9,11,13-14H,1-7,10,12H2,(H,21,23). The summed E-state index contributed by atoms with van der Waals surface area (Å²) in [6, 6.07) is 3.22. The van der Waals surface area contributed by atoms with Crippen LogP contribution in [-0.4, -0.2) is 37.8 Å². The lowest BCUT2D eigenvalue weighted by atomic mass is 9.88. The normalized spacial score (nSPS) is 22.9. The summed E-state index contributed by atoms with van der Waals surface area (Å²) < 4.78 is 40.3. The van der Waals surface area contributed by atoms with E-state index in [0.717, 1.165) is 44.2 Å². The quantitative estimate of drug-likeness (QED) is 0.840. The highest BCUT2D eigenvalue weighted by Crippen LogP contribution is 2.26. The van der Waals surface area contributed by atoms with Gasteiger partial charge in [-0.25, -0.2) is 12.8 Å². The van der Waals surface area contributed by atoms with E-state index in [4.69, 9.17) is 11.6 Å². The first-order valence-corrected chi connectivity index (χ1v) is 11.0. The van der Waals surface area contributed by atoms with Crippen molar-refractivity contribution in [3.8, 4) is 0 Å². The maximum Gasteiger partial charge on any atom is 0.243 e. The molecule has 2 aliphatic rings. The molecule has 1 aliphatic heterocycles. The summed E-state index contributed by atoms with van der Waals surface area (Å²) in [6.07, 6.45) is 6.59. The summed E-state index contributed by atoms with van der Waals surface area (Å²) in [6.45, 7) is 0.614. The van der Waals surface area contributed by atoms with Crippen molar-refractivity contribution in [2.45, 2.75) is 55.9 Å². The minimum absolute atomic E-state index is 0.0249. The van der Waals surface area contributed by atoms with Crippen molar-refractivity contribution in [2.24, 2.45) is 5.92 Å². The number of nitrogens with zero attached hydrogens (tertiary/aromatic N) is 1. The first-order chi connectivity index (χ1) is 12.4. The summed E-state index contributed by atoms with van der Waals surface area (Å²) in [7, 11) is -3.76. The van der Waals surface area contributed by atoms with E-state index in [1.165, 1.54) is 16.8 Å². The van der Waals surface area contributed by atoms with E-state index >= 15 is 0 Å². The minimum atomic E-state index is -3.76. The molecular formula is C18H24ClFN2O3S. The topological polar surface area (TPSA) is 66.5 Å². The van der Waals surface area contributed by atoms with Crippen LogP contribution in [-0.2, 0) is 14.8 Å². The molecule has 1 heterocycles. The SMILES string of the molecule is O=C(NC1CCCN(S(=O)(=O)c2ccc(F)c(Cl)c2)C1)C1CCCCC1. The molecule has 26 heavy (non-hydrogen) atoms. The Bertz CT molecular complexity index is 766. The van der Waals surface area contributed by atoms with E-state index in [-0.39, 0.29) is 34.3 Å². The first kappa shape index (κ1) is 19.6. The van der Waals surface area contributed by atoms with Gasteiger partial charge in [0.05, 0.1) is 9.92 Å². The van der Waals surface area contributed by atoms with Crippen molar-refractivity contribution in [1.82, 2.24) is 9.62 Å². The molecule has 1 amide bonds. The molecule has 0 aromatic heterocycles. The van der Waals surface area contributed by atoms with Gasteiger partial charge < -0.3 is 5.32 Å². The number of amides is 1. The van der Waals surface area contributed by atoms with E-state index in [9.17, 15) is 17.6 Å². The highest BCUT2D eigenvalue weighted by molar-refractivity contribution is 7.89. The number of rotatable bonds is 4. The Kier molecular flexibility index (Phi) is 6.20. The number of piperidine rings is 1. The third-order valence-electron chi connectivity index (χ3n) is 5.24. The van der Waals surface area contributed by atoms with Gasteiger partial charge in [-0.3, -0.25) is 4.79 Å². The lowest BCUT2D eigenvalue weighted by molar-refractivity contribution is -0.126. The van der Waals surface area contributed by atoms with Crippen LogP contribution >= 0.6 is 11.6 Å². The number of benzene rings is 1. The average Bonchev–Trinajstić information content (AvgIpc) is 2.65. The second-order valence-electron chi connectivity index (χ2n) is 7.12. The minimum Gasteiger partial charge on any atom is -0.352 e. The van der Waals surface area contributed by atoms with Crippen LogP contribution < -0.4 is 5.32 Å². The number of hydrogen-bond acceptors (Lipinski definition) is 3. The molecule has 144 valence electrons. The molecule has 5 nitrogen and oxygen atoms in total. The van der Waals surface area contributed by atoms with Crippen LogP contribution in [0.15, 0.2) is 23.1 Å². The van der Waals surface area contributed by atoms with Crippen LogP contribution in [0.4, 0.5) is 4.39 Å². The first-order valence-electron chi connectivity index (χ1n) is 9.13. The van der Waals surface area contributed by atoms with Crippen LogP contribution in [0.2, 0.25) is 5.02 Å². The van der Waals surface area contributed by atoms with E-state index in [1.54, 1.807) is 0 Å². The van der Waals surface area contributed by atoms with Gasteiger partial charge in [-0.05, 0) is 43.9 Å². The highest BCUT2D eigenvalue weighted by Gasteiger charge is 2.32. The Morgan fingerprint density at radius 1 is 1.15 bits per heavy atom. The zero-order valence-electron chi connectivity index (χ0n) is 14.6. The van der Waals surface area contributed by atoms with Crippen molar-refractivity contribution in [1.29, 1.82) is 0 Å². The third-order valence-corrected chi connectivity index (χ3v) is 7.39. The molecule has 8 heteroatoms. The summed E-state index contributed by atoms with van der Waals surface area (Å²) >= 11 is 5.73. The molecule has 0 bridgehead atoms. The Balaban J connectivity index is 1.67. The Morgan fingerprint density at radius 2 is 1.88 bits per heavy atom. The molecule has 2 fully saturated rings. The van der Waals surface area contributed by atoms with Crippen molar-refractivity contribution in [3.63, 3.8) is 0 Å². The van der Waals surface area contributed by atoms with Gasteiger partial charge in [-0.15, -0.1) is 0 Å². The van der Waals surface area contributed by atoms with Gasteiger partial charge in [0.15, 0.2) is 0 Å². The molecule has 3 rings (SSSR count). The second kappa shape index (κ2) is 8.23. The molecule has 0 radical (unpaired) electrons. The van der Waals surface area contributed by atoms with Gasteiger partial charge >= 0.3 is 0 Å². The number of carbonyl (C=O) groups is 1. The summed E-state index contributed by atoms with van der Waals surface area (Å²) in [5.41, 5.74) is 0. The summed E-state index contributed by atoms with van der Waals surface area (Å²) in [4.78, 5) is 12.4. The van der Waals surface area contributed by atoms with Crippen LogP contribution in [0.5, 0.6) is 0 Å². The van der Waals surface area contributed by atoms with Crippen molar-refractivity contribution >= 4 is 27.5 Å². The van der Waals surface area contributed by atoms with Crippen LogP contribution in [0.25, 0.3) is 0 Å². The third kappa shape index (κ3) is 4.38. The Hall–Kier alpha value is -1.18. The highest BCUT2D eigenvalue weighted by atomic mass is 35.5. The average molecular weight is 403 g/mol. The Morgan fingerprint density at radius 3 is 2.58 bits per heavy atom. The van der Waals surface area contributed by atoms with E-state index in [0.29, 0.717) is 13.0 Å². The summed E-state index contributed by atoms with van der Waals surface area (Å²) in [5.74, 6) is -0.563. The smallest absolute Gasteiger partial charge is 0.243 e. The van der Waals surface area contributed by atoms with E-state index < -0.39 is 15.8 Å². The molecule has 1 atom stereocenters. The fraction of sp³-hybridized carbons (Fsp3) is 0.611. The fourth-order valence-electron chi connectivity index (χ4n) is 3.75. The van der Waals surface area contributed by atoms with Crippen LogP contribution in [0, 0.1) is 11.7 Å². The zero-order valence-corrected chi connectivity index (χ0v) is 16.2. The Labute approximate surface area is 158 Å². The summed E-state index contributed by atoms with van der Waals surface area (Å²) in [5, 5.41) is 2.81. The van der Waals surface area contributed by atoms with E-state index in [1.807, 2.05) is 0 Å². The molecule has 1 aromatic carbocycles. The predicted molar refractivity (Wildman–Crippen MR) is 97.9 cm³/mol. The molecule has 0 spiro atoms. The van der Waals surface area contributed by atoms with Gasteiger partial charge in [0.1, 0.15) is 5.82 Å². The molecule has 1 aromatic rings. The molecule has 1 N–H and O–H groups in total. The fourth-order valence-corrected chi connectivity index (χ4v) is 5.54. The lowest BCUT2D eigenvalue weighted by Crippen LogP contribution is -2.50. The molecule has 1 aliphatic carbocycles. The number of hydrogen-bond donors (Lipinski definition) is 1. The predicted octanol–water partition coefficient (Wildman–Crippen LogP) is 3.33. The molecular weight excluding hydrogens is 379 g/mol. The molecule has 1 unspecified atom stereocenters. The molecule has 1 saturated carbocycles. The van der Waals surface area contributed by atoms with E-state index in [2.05, 4.69) is 5.32 Å².